The third-order valence-electron chi connectivity index (χ3n) is 4.20. The molecule has 1 amide bonds. The summed E-state index contributed by atoms with van der Waals surface area (Å²) in [4.78, 5) is 14.7. The third kappa shape index (κ3) is 3.27. The van der Waals surface area contributed by atoms with Gasteiger partial charge in [-0.1, -0.05) is 29.8 Å². The summed E-state index contributed by atoms with van der Waals surface area (Å²) in [5.41, 5.74) is 9.84. The van der Waals surface area contributed by atoms with E-state index in [1.165, 1.54) is 0 Å². The summed E-state index contributed by atoms with van der Waals surface area (Å²) in [6.45, 7) is 3.88. The van der Waals surface area contributed by atoms with Crippen LogP contribution in [0.15, 0.2) is 36.4 Å². The molecule has 23 heavy (non-hydrogen) atoms. The van der Waals surface area contributed by atoms with E-state index in [1.807, 2.05) is 31.2 Å². The Balaban J connectivity index is 1.89. The van der Waals surface area contributed by atoms with Crippen molar-refractivity contribution in [3.8, 4) is 0 Å². The van der Waals surface area contributed by atoms with Crippen LogP contribution in [-0.4, -0.2) is 19.0 Å². The molecule has 1 heterocycles. The summed E-state index contributed by atoms with van der Waals surface area (Å²) in [5, 5.41) is 3.36. The summed E-state index contributed by atoms with van der Waals surface area (Å²) in [6, 6.07) is 11.1. The lowest BCUT2D eigenvalue weighted by molar-refractivity contribution is 0.102. The van der Waals surface area contributed by atoms with Gasteiger partial charge in [0.1, 0.15) is 0 Å². The minimum Gasteiger partial charge on any atom is -0.397 e. The Kier molecular flexibility index (Phi) is 4.44. The van der Waals surface area contributed by atoms with Crippen molar-refractivity contribution in [2.75, 3.05) is 29.0 Å². The average molecular weight is 330 g/mol. The highest BCUT2D eigenvalue weighted by Crippen LogP contribution is 2.35. The van der Waals surface area contributed by atoms with E-state index < -0.39 is 0 Å². The van der Waals surface area contributed by atoms with Crippen LogP contribution in [0.4, 0.5) is 17.1 Å². The SMILES string of the molecule is Cc1ccccc1C(=O)Nc1cc(N2CCCC2)c(N)cc1Cl. The number of hydrogen-bond donors (Lipinski definition) is 2. The number of hydrogen-bond acceptors (Lipinski definition) is 3. The Hall–Kier alpha value is -2.20. The quantitative estimate of drug-likeness (QED) is 0.834. The number of amides is 1. The van der Waals surface area contributed by atoms with Crippen LogP contribution in [0, 0.1) is 6.92 Å². The number of anilines is 3. The maximum absolute atomic E-state index is 12.5. The number of carbonyl (C=O) groups is 1. The van der Waals surface area contributed by atoms with E-state index in [-0.39, 0.29) is 5.91 Å². The van der Waals surface area contributed by atoms with Crippen LogP contribution in [0.3, 0.4) is 0 Å². The predicted molar refractivity (Wildman–Crippen MR) is 96.4 cm³/mol. The molecule has 5 heteroatoms. The Morgan fingerprint density at radius 2 is 1.91 bits per heavy atom. The van der Waals surface area contributed by atoms with E-state index in [0.29, 0.717) is 22.0 Å². The lowest BCUT2D eigenvalue weighted by Gasteiger charge is -2.21. The van der Waals surface area contributed by atoms with Crippen molar-refractivity contribution in [1.82, 2.24) is 0 Å². The maximum Gasteiger partial charge on any atom is 0.255 e. The summed E-state index contributed by atoms with van der Waals surface area (Å²) < 4.78 is 0. The second-order valence-electron chi connectivity index (χ2n) is 5.85. The standard InChI is InChI=1S/C18H20ClN3O/c1-12-6-2-3-7-13(12)18(23)21-16-11-17(15(20)10-14(16)19)22-8-4-5-9-22/h2-3,6-7,10-11H,4-5,8-9,20H2,1H3,(H,21,23). The van der Waals surface area contributed by atoms with E-state index in [1.54, 1.807) is 12.1 Å². The number of benzene rings is 2. The van der Waals surface area contributed by atoms with Crippen molar-refractivity contribution in [2.24, 2.45) is 0 Å². The second kappa shape index (κ2) is 6.50. The van der Waals surface area contributed by atoms with E-state index in [4.69, 9.17) is 17.3 Å². The van der Waals surface area contributed by atoms with E-state index in [2.05, 4.69) is 10.2 Å². The van der Waals surface area contributed by atoms with Gasteiger partial charge in [0.25, 0.3) is 5.91 Å². The van der Waals surface area contributed by atoms with Gasteiger partial charge in [0, 0.05) is 18.7 Å². The summed E-state index contributed by atoms with van der Waals surface area (Å²) >= 11 is 6.27. The number of nitrogens with zero attached hydrogens (tertiary/aromatic N) is 1. The fraction of sp³-hybridized carbons (Fsp3) is 0.278. The zero-order chi connectivity index (χ0) is 16.4. The fourth-order valence-electron chi connectivity index (χ4n) is 2.92. The van der Waals surface area contributed by atoms with E-state index in [9.17, 15) is 4.79 Å². The molecule has 0 aromatic heterocycles. The average Bonchev–Trinajstić information content (AvgIpc) is 3.04. The normalized spacial score (nSPS) is 14.1. The van der Waals surface area contributed by atoms with Gasteiger partial charge in [-0.05, 0) is 43.5 Å². The highest BCUT2D eigenvalue weighted by atomic mass is 35.5. The van der Waals surface area contributed by atoms with Gasteiger partial charge in [0.05, 0.1) is 22.1 Å². The molecule has 0 unspecified atom stereocenters. The first-order valence-electron chi connectivity index (χ1n) is 7.77. The number of rotatable bonds is 3. The smallest absolute Gasteiger partial charge is 0.255 e. The Bertz CT molecular complexity index is 739. The number of halogens is 1. The molecule has 2 aromatic carbocycles. The Labute approximate surface area is 141 Å². The van der Waals surface area contributed by atoms with E-state index in [0.717, 1.165) is 37.2 Å². The lowest BCUT2D eigenvalue weighted by Crippen LogP contribution is -2.20. The van der Waals surface area contributed by atoms with Crippen LogP contribution in [-0.2, 0) is 0 Å². The zero-order valence-corrected chi connectivity index (χ0v) is 13.9. The molecule has 4 nitrogen and oxygen atoms in total. The number of nitrogen functional groups attached to an aromatic ring is 1. The van der Waals surface area contributed by atoms with Gasteiger partial charge in [0.2, 0.25) is 0 Å². The second-order valence-corrected chi connectivity index (χ2v) is 6.26. The van der Waals surface area contributed by atoms with Crippen molar-refractivity contribution in [3.05, 3.63) is 52.5 Å². The molecule has 1 aliphatic heterocycles. The molecule has 2 aromatic rings. The first kappa shape index (κ1) is 15.7. The summed E-state index contributed by atoms with van der Waals surface area (Å²) in [6.07, 6.45) is 2.32. The topological polar surface area (TPSA) is 58.4 Å². The molecule has 0 spiro atoms. The molecular weight excluding hydrogens is 310 g/mol. The molecule has 0 atom stereocenters. The van der Waals surface area contributed by atoms with Gasteiger partial charge in [-0.15, -0.1) is 0 Å². The molecule has 3 N–H and O–H groups in total. The molecule has 1 saturated heterocycles. The van der Waals surface area contributed by atoms with Gasteiger partial charge in [0.15, 0.2) is 0 Å². The van der Waals surface area contributed by atoms with Crippen LogP contribution >= 0.6 is 11.6 Å². The maximum atomic E-state index is 12.5. The van der Waals surface area contributed by atoms with E-state index >= 15 is 0 Å². The molecule has 0 bridgehead atoms. The first-order chi connectivity index (χ1) is 11.1. The highest BCUT2D eigenvalue weighted by molar-refractivity contribution is 6.34. The van der Waals surface area contributed by atoms with Crippen LogP contribution in [0.2, 0.25) is 5.02 Å². The van der Waals surface area contributed by atoms with Crippen molar-refractivity contribution in [2.45, 2.75) is 19.8 Å². The first-order valence-corrected chi connectivity index (χ1v) is 8.15. The third-order valence-corrected chi connectivity index (χ3v) is 4.51. The van der Waals surface area contributed by atoms with Crippen molar-refractivity contribution in [3.63, 3.8) is 0 Å². The van der Waals surface area contributed by atoms with Gasteiger partial charge in [-0.2, -0.15) is 0 Å². The van der Waals surface area contributed by atoms with Crippen LogP contribution in [0.25, 0.3) is 0 Å². The van der Waals surface area contributed by atoms with Crippen LogP contribution in [0.5, 0.6) is 0 Å². The van der Waals surface area contributed by atoms with Crippen molar-refractivity contribution in [1.29, 1.82) is 0 Å². The fourth-order valence-corrected chi connectivity index (χ4v) is 3.14. The molecule has 0 radical (unpaired) electrons. The number of aryl methyl sites for hydroxylation is 1. The largest absolute Gasteiger partial charge is 0.397 e. The Morgan fingerprint density at radius 1 is 1.22 bits per heavy atom. The summed E-state index contributed by atoms with van der Waals surface area (Å²) in [7, 11) is 0. The molecule has 0 saturated carbocycles. The van der Waals surface area contributed by atoms with Gasteiger partial charge in [-0.3, -0.25) is 4.79 Å². The predicted octanol–water partition coefficient (Wildman–Crippen LogP) is 4.08. The van der Waals surface area contributed by atoms with Gasteiger partial charge in [-0.25, -0.2) is 0 Å². The van der Waals surface area contributed by atoms with Crippen molar-refractivity contribution < 1.29 is 4.79 Å². The van der Waals surface area contributed by atoms with Crippen LogP contribution in [0.1, 0.15) is 28.8 Å². The minimum absolute atomic E-state index is 0.165. The molecule has 1 fully saturated rings. The van der Waals surface area contributed by atoms with Crippen LogP contribution < -0.4 is 16.0 Å². The highest BCUT2D eigenvalue weighted by Gasteiger charge is 2.18. The lowest BCUT2D eigenvalue weighted by atomic mass is 10.1. The number of carbonyl (C=O) groups excluding carboxylic acids is 1. The Morgan fingerprint density at radius 3 is 2.61 bits per heavy atom. The number of nitrogens with one attached hydrogen (secondary N) is 1. The van der Waals surface area contributed by atoms with Gasteiger partial charge >= 0.3 is 0 Å². The van der Waals surface area contributed by atoms with Crippen molar-refractivity contribution >= 4 is 34.6 Å². The molecule has 120 valence electrons. The number of nitrogens with two attached hydrogens (primary N) is 1. The molecule has 0 aliphatic carbocycles. The molecular formula is C18H20ClN3O. The molecule has 3 rings (SSSR count). The zero-order valence-electron chi connectivity index (χ0n) is 13.1. The summed E-state index contributed by atoms with van der Waals surface area (Å²) in [5.74, 6) is -0.165. The monoisotopic (exact) mass is 329 g/mol. The molecule has 1 aliphatic rings. The van der Waals surface area contributed by atoms with Gasteiger partial charge < -0.3 is 16.0 Å². The minimum atomic E-state index is -0.165.